The number of thiazole rings is 1. The molecule has 6 heteroatoms. The van der Waals surface area contributed by atoms with Gasteiger partial charge in [0.2, 0.25) is 0 Å². The maximum absolute atomic E-state index is 10.6. The van der Waals surface area contributed by atoms with Crippen LogP contribution >= 0.6 is 24.0 Å². The molecular formula is C14H13NO3S2. The molecule has 0 atom stereocenters. The minimum atomic E-state index is -0.966. The highest BCUT2D eigenvalue weighted by Gasteiger charge is 2.25. The Kier molecular flexibility index (Phi) is 3.22. The molecule has 0 spiro atoms. The molecule has 3 rings (SSSR count). The van der Waals surface area contributed by atoms with E-state index in [0.717, 1.165) is 25.4 Å². The van der Waals surface area contributed by atoms with Gasteiger partial charge in [-0.3, -0.25) is 0 Å². The van der Waals surface area contributed by atoms with Gasteiger partial charge in [-0.15, -0.1) is 24.0 Å². The van der Waals surface area contributed by atoms with E-state index in [1.807, 2.05) is 6.92 Å². The Hall–Kier alpha value is -1.53. The molecule has 1 heterocycles. The van der Waals surface area contributed by atoms with Crippen LogP contribution in [0.15, 0.2) is 27.3 Å². The van der Waals surface area contributed by atoms with Crippen molar-refractivity contribution in [3.05, 3.63) is 32.9 Å². The Labute approximate surface area is 125 Å². The van der Waals surface area contributed by atoms with Gasteiger partial charge in [0.25, 0.3) is 0 Å². The quantitative estimate of drug-likeness (QED) is 0.830. The van der Waals surface area contributed by atoms with Crippen molar-refractivity contribution in [2.45, 2.75) is 24.6 Å². The molecule has 0 aliphatic heterocycles. The standard InChI is InChI=1S/C14H13NO3S2/c1-6-3-8-7(2)13-12(15-14(19)20-13)9(8)4-10(6)18-5-11(16)17/h3H,4-5H2,1-2H3,(H,15,19)(H,16,17). The number of carbonyl (C=O) groups is 1. The lowest BCUT2D eigenvalue weighted by Gasteiger charge is -2.19. The van der Waals surface area contributed by atoms with Gasteiger partial charge in [0, 0.05) is 6.42 Å². The summed E-state index contributed by atoms with van der Waals surface area (Å²) in [7, 11) is 0. The number of ether oxygens (including phenoxy) is 1. The third kappa shape index (κ3) is 2.09. The van der Waals surface area contributed by atoms with Gasteiger partial charge in [-0.2, -0.15) is 0 Å². The molecular weight excluding hydrogens is 294 g/mol. The zero-order valence-corrected chi connectivity index (χ0v) is 12.8. The van der Waals surface area contributed by atoms with Gasteiger partial charge in [-0.25, -0.2) is 9.78 Å². The summed E-state index contributed by atoms with van der Waals surface area (Å²) in [6, 6.07) is 0. The fraction of sp³-hybridized carbons (Fsp3) is 0.286. The Morgan fingerprint density at radius 2 is 2.30 bits per heavy atom. The third-order valence-electron chi connectivity index (χ3n) is 3.48. The predicted molar refractivity (Wildman–Crippen MR) is 80.1 cm³/mol. The van der Waals surface area contributed by atoms with Gasteiger partial charge < -0.3 is 9.84 Å². The first-order chi connectivity index (χ1) is 9.47. The van der Waals surface area contributed by atoms with Crippen molar-refractivity contribution in [2.24, 2.45) is 0 Å². The number of nitrogens with zero attached hydrogens (tertiary/aromatic N) is 1. The summed E-state index contributed by atoms with van der Waals surface area (Å²) < 4.78 is 7.29. The van der Waals surface area contributed by atoms with Crippen LogP contribution < -0.4 is 9.88 Å². The van der Waals surface area contributed by atoms with E-state index < -0.39 is 5.97 Å². The Morgan fingerprint density at radius 3 is 3.00 bits per heavy atom. The summed E-state index contributed by atoms with van der Waals surface area (Å²) in [5, 5.41) is 9.69. The highest BCUT2D eigenvalue weighted by Crippen LogP contribution is 2.35. The number of thiol groups is 1. The van der Waals surface area contributed by atoms with Gasteiger partial charge in [0.15, 0.2) is 6.61 Å². The molecule has 0 bridgehead atoms. The number of hydrogen-bond acceptors (Lipinski definition) is 5. The van der Waals surface area contributed by atoms with Crippen molar-refractivity contribution in [1.82, 2.24) is 4.98 Å². The number of hydrogen-bond donors (Lipinski definition) is 2. The van der Waals surface area contributed by atoms with E-state index in [0.29, 0.717) is 12.2 Å². The molecule has 2 aliphatic rings. The van der Waals surface area contributed by atoms with Crippen molar-refractivity contribution in [2.75, 3.05) is 6.61 Å². The highest BCUT2D eigenvalue weighted by atomic mass is 32.2. The van der Waals surface area contributed by atoms with Crippen LogP contribution in [0.4, 0.5) is 0 Å². The average molecular weight is 307 g/mol. The SMILES string of the molecule is CC1=C(OCC(=O)O)CC2=c3nc(S)sc3=C(C)C2=C1. The van der Waals surface area contributed by atoms with Crippen LogP contribution in [0, 0.1) is 0 Å². The average Bonchev–Trinajstić information content (AvgIpc) is 2.86. The molecule has 20 heavy (non-hydrogen) atoms. The normalized spacial score (nSPS) is 17.1. The van der Waals surface area contributed by atoms with Gasteiger partial charge in [0.1, 0.15) is 10.1 Å². The number of aromatic nitrogens is 1. The van der Waals surface area contributed by atoms with Crippen LogP contribution in [-0.2, 0) is 9.53 Å². The van der Waals surface area contributed by atoms with E-state index in [2.05, 4.69) is 30.6 Å². The largest absolute Gasteiger partial charge is 0.486 e. The molecule has 4 nitrogen and oxygen atoms in total. The summed E-state index contributed by atoms with van der Waals surface area (Å²) >= 11 is 5.88. The molecule has 1 N–H and O–H groups in total. The van der Waals surface area contributed by atoms with E-state index >= 15 is 0 Å². The molecule has 0 saturated carbocycles. The van der Waals surface area contributed by atoms with Gasteiger partial charge in [-0.05, 0) is 42.2 Å². The van der Waals surface area contributed by atoms with E-state index in [4.69, 9.17) is 9.84 Å². The van der Waals surface area contributed by atoms with Gasteiger partial charge >= 0.3 is 5.97 Å². The number of carboxylic acid groups (broad SMARTS) is 1. The second kappa shape index (κ2) is 4.79. The van der Waals surface area contributed by atoms with Crippen molar-refractivity contribution >= 4 is 41.1 Å². The lowest BCUT2D eigenvalue weighted by Crippen LogP contribution is -2.21. The summed E-state index contributed by atoms with van der Waals surface area (Å²) in [5.41, 5.74) is 4.49. The third-order valence-corrected chi connectivity index (χ3v) is 4.83. The number of allylic oxidation sites excluding steroid dienone is 4. The summed E-state index contributed by atoms with van der Waals surface area (Å²) in [5.74, 6) is -0.258. The van der Waals surface area contributed by atoms with E-state index in [-0.39, 0.29) is 6.61 Å². The molecule has 0 radical (unpaired) electrons. The zero-order valence-electron chi connectivity index (χ0n) is 11.1. The molecule has 0 fully saturated rings. The number of fused-ring (bicyclic) bond motifs is 2. The fourth-order valence-electron chi connectivity index (χ4n) is 2.53. The molecule has 1 aromatic heterocycles. The molecule has 0 aromatic carbocycles. The Morgan fingerprint density at radius 1 is 1.55 bits per heavy atom. The first-order valence-corrected chi connectivity index (χ1v) is 7.40. The summed E-state index contributed by atoms with van der Waals surface area (Å²) in [6.45, 7) is 3.71. The zero-order chi connectivity index (χ0) is 14.4. The van der Waals surface area contributed by atoms with Crippen molar-refractivity contribution in [3.63, 3.8) is 0 Å². The lowest BCUT2D eigenvalue weighted by atomic mass is 9.92. The first kappa shape index (κ1) is 13.5. The predicted octanol–water partition coefficient (Wildman–Crippen LogP) is 1.47. The smallest absolute Gasteiger partial charge is 0.341 e. The topological polar surface area (TPSA) is 59.4 Å². The summed E-state index contributed by atoms with van der Waals surface area (Å²) in [6.07, 6.45) is 2.64. The van der Waals surface area contributed by atoms with Crippen molar-refractivity contribution in [1.29, 1.82) is 0 Å². The van der Waals surface area contributed by atoms with Crippen molar-refractivity contribution in [3.8, 4) is 0 Å². The monoisotopic (exact) mass is 307 g/mol. The van der Waals surface area contributed by atoms with Crippen LogP contribution in [0.3, 0.4) is 0 Å². The van der Waals surface area contributed by atoms with Crippen LogP contribution in [0.5, 0.6) is 0 Å². The summed E-state index contributed by atoms with van der Waals surface area (Å²) in [4.78, 5) is 15.1. The number of carboxylic acids is 1. The molecule has 0 saturated heterocycles. The Balaban J connectivity index is 2.06. The lowest BCUT2D eigenvalue weighted by molar-refractivity contribution is -0.140. The second-order valence-electron chi connectivity index (χ2n) is 4.80. The van der Waals surface area contributed by atoms with Crippen LogP contribution in [-0.4, -0.2) is 22.7 Å². The van der Waals surface area contributed by atoms with E-state index in [1.54, 1.807) is 11.3 Å². The van der Waals surface area contributed by atoms with Crippen LogP contribution in [0.2, 0.25) is 0 Å². The van der Waals surface area contributed by atoms with Crippen LogP contribution in [0.25, 0.3) is 11.1 Å². The molecule has 0 amide bonds. The Bertz CT molecular complexity index is 799. The first-order valence-electron chi connectivity index (χ1n) is 6.14. The number of rotatable bonds is 3. The van der Waals surface area contributed by atoms with E-state index in [1.165, 1.54) is 11.1 Å². The molecule has 104 valence electrons. The van der Waals surface area contributed by atoms with Gasteiger partial charge in [0.05, 0.1) is 9.88 Å². The van der Waals surface area contributed by atoms with E-state index in [9.17, 15) is 4.79 Å². The molecule has 1 aromatic rings. The minimum Gasteiger partial charge on any atom is -0.486 e. The number of aliphatic carboxylic acids is 1. The highest BCUT2D eigenvalue weighted by molar-refractivity contribution is 7.82. The van der Waals surface area contributed by atoms with Crippen LogP contribution in [0.1, 0.15) is 20.3 Å². The molecule has 0 unspecified atom stereocenters. The molecule has 2 aliphatic carbocycles. The minimum absolute atomic E-state index is 0.312. The van der Waals surface area contributed by atoms with Gasteiger partial charge in [-0.1, -0.05) is 0 Å². The van der Waals surface area contributed by atoms with Crippen molar-refractivity contribution < 1.29 is 14.6 Å². The fourth-order valence-corrected chi connectivity index (χ4v) is 3.75. The maximum Gasteiger partial charge on any atom is 0.341 e. The second-order valence-corrected chi connectivity index (χ2v) is 6.53. The maximum atomic E-state index is 10.6.